The van der Waals surface area contributed by atoms with Crippen LogP contribution >= 0.6 is 0 Å². The number of ether oxygens (including phenoxy) is 3. The first-order chi connectivity index (χ1) is 11.4. The van der Waals surface area contributed by atoms with Gasteiger partial charge >= 0.3 is 29.2 Å². The van der Waals surface area contributed by atoms with Crippen molar-refractivity contribution in [3.63, 3.8) is 0 Å². The zero-order valence-electron chi connectivity index (χ0n) is 13.4. The van der Waals surface area contributed by atoms with Crippen LogP contribution in [-0.2, 0) is 23.8 Å². The third-order valence-electron chi connectivity index (χ3n) is 3.52. The molecule has 11 nitrogen and oxygen atoms in total. The molecule has 1 saturated heterocycles. The molecule has 0 radical (unpaired) electrons. The molecule has 0 spiro atoms. The zero-order valence-corrected chi connectivity index (χ0v) is 13.4. The molecule has 2 rings (SSSR count). The standard InChI is InChI=1S/C13H16FN3O8/c1-5-12(21,24-6(2)18)13(22,25-7(3)19)10(23-5)17-4-8(14)9(15)16-11(17)20/h4-5,10,21-22H,1-3H3,(H2,15,16,20)/t5-,10-,12+,13-/m1/s1. The van der Waals surface area contributed by atoms with E-state index >= 15 is 0 Å². The molecule has 4 atom stereocenters. The van der Waals surface area contributed by atoms with E-state index in [2.05, 4.69) is 9.72 Å². The molecule has 0 bridgehead atoms. The van der Waals surface area contributed by atoms with Crippen LogP contribution in [0.25, 0.3) is 0 Å². The van der Waals surface area contributed by atoms with E-state index in [1.165, 1.54) is 6.92 Å². The molecule has 1 aromatic heterocycles. The SMILES string of the molecule is CC(=O)O[C@@]1(O)[C@@H](C)O[C@@H](n2cc(F)c(N)nc2=O)[C@@]1(O)OC(C)=O. The number of nitrogens with two attached hydrogens (primary N) is 1. The predicted molar refractivity (Wildman–Crippen MR) is 75.9 cm³/mol. The van der Waals surface area contributed by atoms with Gasteiger partial charge < -0.3 is 30.2 Å². The van der Waals surface area contributed by atoms with Crippen molar-refractivity contribution in [1.82, 2.24) is 9.55 Å². The number of aliphatic hydroxyl groups is 2. The van der Waals surface area contributed by atoms with Crippen LogP contribution in [0.5, 0.6) is 0 Å². The van der Waals surface area contributed by atoms with E-state index in [-0.39, 0.29) is 0 Å². The molecule has 12 heteroatoms. The van der Waals surface area contributed by atoms with Gasteiger partial charge in [0.15, 0.2) is 11.6 Å². The summed E-state index contributed by atoms with van der Waals surface area (Å²) in [5.41, 5.74) is 4.00. The second-order valence-corrected chi connectivity index (χ2v) is 5.37. The molecule has 1 aliphatic rings. The Hall–Kier alpha value is -2.57. The minimum atomic E-state index is -3.07. The topological polar surface area (TPSA) is 163 Å². The molecule has 0 saturated carbocycles. The number of halogens is 1. The highest BCUT2D eigenvalue weighted by atomic mass is 19.1. The number of carbonyl (C=O) groups is 2. The maximum absolute atomic E-state index is 13.7. The molecular formula is C13H16FN3O8. The van der Waals surface area contributed by atoms with E-state index in [1.54, 1.807) is 0 Å². The number of nitrogens with zero attached hydrogens (tertiary/aromatic N) is 2. The molecule has 1 fully saturated rings. The van der Waals surface area contributed by atoms with Crippen LogP contribution in [0.2, 0.25) is 0 Å². The van der Waals surface area contributed by atoms with Crippen molar-refractivity contribution in [2.45, 2.75) is 44.7 Å². The van der Waals surface area contributed by atoms with Gasteiger partial charge in [-0.1, -0.05) is 0 Å². The number of carbonyl (C=O) groups excluding carboxylic acids is 2. The summed E-state index contributed by atoms with van der Waals surface area (Å²) in [4.78, 5) is 37.8. The van der Waals surface area contributed by atoms with Gasteiger partial charge in [-0.3, -0.25) is 14.2 Å². The molecule has 2 heterocycles. The smallest absolute Gasteiger partial charge is 0.352 e. The lowest BCUT2D eigenvalue weighted by Gasteiger charge is -2.37. The second kappa shape index (κ2) is 6.06. The molecule has 0 unspecified atom stereocenters. The highest BCUT2D eigenvalue weighted by Gasteiger charge is 2.72. The molecule has 0 amide bonds. The number of aromatic nitrogens is 2. The number of anilines is 1. The number of hydrogen-bond acceptors (Lipinski definition) is 10. The van der Waals surface area contributed by atoms with Gasteiger partial charge in [0.2, 0.25) is 6.23 Å². The molecule has 0 aromatic carbocycles. The lowest BCUT2D eigenvalue weighted by molar-refractivity contribution is -0.357. The van der Waals surface area contributed by atoms with Gasteiger partial charge in [0.25, 0.3) is 0 Å². The van der Waals surface area contributed by atoms with Crippen molar-refractivity contribution in [2.75, 3.05) is 5.73 Å². The highest BCUT2D eigenvalue weighted by molar-refractivity contribution is 5.68. The van der Waals surface area contributed by atoms with Gasteiger partial charge in [-0.05, 0) is 6.92 Å². The normalized spacial score (nSPS) is 31.6. The third kappa shape index (κ3) is 2.94. The van der Waals surface area contributed by atoms with E-state index < -0.39 is 53.2 Å². The Labute approximate surface area is 139 Å². The maximum atomic E-state index is 13.7. The van der Waals surface area contributed by atoms with E-state index in [4.69, 9.17) is 15.2 Å². The van der Waals surface area contributed by atoms with Crippen molar-refractivity contribution >= 4 is 17.8 Å². The zero-order chi connectivity index (χ0) is 19.2. The molecule has 4 N–H and O–H groups in total. The fraction of sp³-hybridized carbons (Fsp3) is 0.538. The predicted octanol–water partition coefficient (Wildman–Crippen LogP) is -1.61. The van der Waals surface area contributed by atoms with Crippen LogP contribution in [0.1, 0.15) is 27.0 Å². The van der Waals surface area contributed by atoms with Crippen molar-refractivity contribution in [2.24, 2.45) is 0 Å². The van der Waals surface area contributed by atoms with Crippen LogP contribution in [-0.4, -0.2) is 49.4 Å². The highest BCUT2D eigenvalue weighted by Crippen LogP contribution is 2.46. The van der Waals surface area contributed by atoms with E-state index in [1.807, 2.05) is 0 Å². The first kappa shape index (κ1) is 18.8. The van der Waals surface area contributed by atoms with Gasteiger partial charge in [-0.2, -0.15) is 4.98 Å². The van der Waals surface area contributed by atoms with Gasteiger partial charge in [0, 0.05) is 13.8 Å². The van der Waals surface area contributed by atoms with Crippen LogP contribution in [0.15, 0.2) is 11.0 Å². The van der Waals surface area contributed by atoms with Crippen molar-refractivity contribution < 1.29 is 38.4 Å². The van der Waals surface area contributed by atoms with E-state index in [9.17, 15) is 29.0 Å². The lowest BCUT2D eigenvalue weighted by Crippen LogP contribution is -2.62. The van der Waals surface area contributed by atoms with Gasteiger partial charge in [-0.25, -0.2) is 9.18 Å². The van der Waals surface area contributed by atoms with Crippen molar-refractivity contribution in [1.29, 1.82) is 0 Å². The number of esters is 2. The molecule has 1 aliphatic heterocycles. The molecule has 0 aliphatic carbocycles. The summed E-state index contributed by atoms with van der Waals surface area (Å²) >= 11 is 0. The summed E-state index contributed by atoms with van der Waals surface area (Å²) in [6.45, 7) is 2.98. The van der Waals surface area contributed by atoms with Crippen LogP contribution in [0.3, 0.4) is 0 Å². The summed E-state index contributed by atoms with van der Waals surface area (Å²) in [7, 11) is 0. The molecule has 25 heavy (non-hydrogen) atoms. The summed E-state index contributed by atoms with van der Waals surface area (Å²) in [6, 6.07) is 0. The molecule has 138 valence electrons. The van der Waals surface area contributed by atoms with Gasteiger partial charge in [0.1, 0.15) is 6.10 Å². The Morgan fingerprint density at radius 1 is 1.32 bits per heavy atom. The van der Waals surface area contributed by atoms with Gasteiger partial charge in [0.05, 0.1) is 6.20 Å². The largest absolute Gasteiger partial charge is 0.423 e. The summed E-state index contributed by atoms with van der Waals surface area (Å²) in [6.07, 6.45) is -2.92. The molecular weight excluding hydrogens is 345 g/mol. The average molecular weight is 361 g/mol. The van der Waals surface area contributed by atoms with Gasteiger partial charge in [-0.15, -0.1) is 0 Å². The van der Waals surface area contributed by atoms with Crippen LogP contribution in [0.4, 0.5) is 10.2 Å². The third-order valence-corrected chi connectivity index (χ3v) is 3.52. The lowest BCUT2D eigenvalue weighted by atomic mass is 10.0. The van der Waals surface area contributed by atoms with E-state index in [0.717, 1.165) is 13.8 Å². The fourth-order valence-electron chi connectivity index (χ4n) is 2.44. The maximum Gasteiger partial charge on any atom is 0.352 e. The molecule has 1 aromatic rings. The first-order valence-electron chi connectivity index (χ1n) is 6.96. The Morgan fingerprint density at radius 3 is 2.36 bits per heavy atom. The summed E-state index contributed by atoms with van der Waals surface area (Å²) in [5.74, 6) is -9.95. The average Bonchev–Trinajstić information content (AvgIpc) is 2.63. The van der Waals surface area contributed by atoms with Crippen LogP contribution < -0.4 is 11.4 Å². The number of hydrogen-bond donors (Lipinski definition) is 3. The fourth-order valence-corrected chi connectivity index (χ4v) is 2.44. The Kier molecular flexibility index (Phi) is 4.55. The van der Waals surface area contributed by atoms with Crippen LogP contribution in [0, 0.1) is 5.82 Å². The number of rotatable bonds is 3. The Bertz CT molecular complexity index is 783. The second-order valence-electron chi connectivity index (χ2n) is 5.37. The Balaban J connectivity index is 2.65. The summed E-state index contributed by atoms with van der Waals surface area (Å²) < 4.78 is 28.7. The first-order valence-corrected chi connectivity index (χ1v) is 6.96. The number of nitrogen functional groups attached to an aromatic ring is 1. The summed E-state index contributed by atoms with van der Waals surface area (Å²) in [5, 5.41) is 21.4. The minimum absolute atomic E-state index is 0.409. The van der Waals surface area contributed by atoms with Crippen molar-refractivity contribution in [3.8, 4) is 0 Å². The Morgan fingerprint density at radius 2 is 1.84 bits per heavy atom. The van der Waals surface area contributed by atoms with Crippen molar-refractivity contribution in [3.05, 3.63) is 22.5 Å². The minimum Gasteiger partial charge on any atom is -0.423 e. The van der Waals surface area contributed by atoms with E-state index in [0.29, 0.717) is 10.8 Å². The quantitative estimate of drug-likeness (QED) is 0.421. The monoisotopic (exact) mass is 361 g/mol.